The van der Waals surface area contributed by atoms with Crippen LogP contribution in [0.25, 0.3) is 0 Å². The van der Waals surface area contributed by atoms with Crippen LogP contribution in [0, 0.1) is 0 Å². The molecule has 1 unspecified atom stereocenters. The molecule has 0 saturated carbocycles. The number of thiophene rings is 1. The van der Waals surface area contributed by atoms with Gasteiger partial charge in [0.1, 0.15) is 10.5 Å². The molecule has 2 aromatic rings. The average molecular weight is 474 g/mol. The lowest BCUT2D eigenvalue weighted by Crippen LogP contribution is -2.48. The maximum absolute atomic E-state index is 12.3. The van der Waals surface area contributed by atoms with Crippen molar-refractivity contribution in [1.82, 2.24) is 15.5 Å². The van der Waals surface area contributed by atoms with Gasteiger partial charge in [-0.15, -0.1) is 11.3 Å². The molecule has 0 spiro atoms. The Morgan fingerprint density at radius 2 is 1.82 bits per heavy atom. The van der Waals surface area contributed by atoms with Crippen LogP contribution in [-0.4, -0.2) is 55.3 Å². The van der Waals surface area contributed by atoms with E-state index in [2.05, 4.69) is 34.9 Å². The summed E-state index contributed by atoms with van der Waals surface area (Å²) in [5.41, 5.74) is 0.747. The molecule has 0 radical (unpaired) electrons. The number of rotatable bonds is 8. The number of benzene rings is 1. The van der Waals surface area contributed by atoms with Gasteiger partial charge in [0.05, 0.1) is 7.11 Å². The summed E-state index contributed by atoms with van der Waals surface area (Å²) >= 11 is 1.45. The molecule has 1 amide bonds. The van der Waals surface area contributed by atoms with Crippen LogP contribution in [0.1, 0.15) is 59.8 Å². The van der Waals surface area contributed by atoms with Gasteiger partial charge in [0, 0.05) is 43.1 Å². The van der Waals surface area contributed by atoms with Crippen LogP contribution in [0.4, 0.5) is 4.79 Å². The molecule has 1 atom stereocenters. The summed E-state index contributed by atoms with van der Waals surface area (Å²) < 4.78 is 10.3. The molecule has 1 saturated heterocycles. The second kappa shape index (κ2) is 11.6. The molecule has 0 bridgehead atoms. The van der Waals surface area contributed by atoms with Gasteiger partial charge in [-0.2, -0.15) is 0 Å². The number of nitrogens with one attached hydrogen (secondary N) is 2. The fraction of sp³-hybridized carbons (Fsp3) is 0.520. The highest BCUT2D eigenvalue weighted by Gasteiger charge is 2.28. The lowest BCUT2D eigenvalue weighted by atomic mass is 10.0. The van der Waals surface area contributed by atoms with Crippen molar-refractivity contribution < 1.29 is 19.1 Å². The molecule has 1 aromatic heterocycles. The van der Waals surface area contributed by atoms with E-state index < -0.39 is 5.60 Å². The number of nitrogens with zero attached hydrogens (tertiary/aromatic N) is 1. The van der Waals surface area contributed by atoms with Crippen LogP contribution in [0.2, 0.25) is 0 Å². The number of hydrogen-bond acceptors (Lipinski definition) is 7. The zero-order valence-corrected chi connectivity index (χ0v) is 20.7. The SMILES string of the molecule is COC(=O)c1ccc(CNCC(NC2CCN(C(=O)OC(C)(C)C)CC2)c2ccccc2)s1. The Kier molecular flexibility index (Phi) is 8.88. The van der Waals surface area contributed by atoms with Crippen LogP contribution >= 0.6 is 11.3 Å². The Bertz CT molecular complexity index is 902. The van der Waals surface area contributed by atoms with Crippen LogP contribution in [0.15, 0.2) is 42.5 Å². The van der Waals surface area contributed by atoms with Gasteiger partial charge in [0.2, 0.25) is 0 Å². The third kappa shape index (κ3) is 7.84. The van der Waals surface area contributed by atoms with E-state index in [0.29, 0.717) is 30.6 Å². The van der Waals surface area contributed by atoms with Crippen molar-refractivity contribution in [3.8, 4) is 0 Å². The predicted octanol–water partition coefficient (Wildman–Crippen LogP) is 4.35. The molecule has 1 fully saturated rings. The molecule has 33 heavy (non-hydrogen) atoms. The van der Waals surface area contributed by atoms with Gasteiger partial charge in [0.25, 0.3) is 0 Å². The molecule has 1 aromatic carbocycles. The first kappa shape index (κ1) is 25.2. The third-order valence-corrected chi connectivity index (χ3v) is 6.55. The third-order valence-electron chi connectivity index (χ3n) is 5.48. The Hall–Kier alpha value is -2.42. The van der Waals surface area contributed by atoms with Crippen molar-refractivity contribution in [1.29, 1.82) is 0 Å². The van der Waals surface area contributed by atoms with Gasteiger partial charge in [-0.1, -0.05) is 30.3 Å². The number of likely N-dealkylation sites (tertiary alicyclic amines) is 1. The van der Waals surface area contributed by atoms with Gasteiger partial charge in [-0.3, -0.25) is 0 Å². The van der Waals surface area contributed by atoms with Crippen LogP contribution in [0.5, 0.6) is 0 Å². The van der Waals surface area contributed by atoms with Crippen molar-refractivity contribution in [2.75, 3.05) is 26.7 Å². The number of carbonyl (C=O) groups is 2. The minimum Gasteiger partial charge on any atom is -0.465 e. The van der Waals surface area contributed by atoms with Gasteiger partial charge in [0.15, 0.2) is 0 Å². The van der Waals surface area contributed by atoms with E-state index >= 15 is 0 Å². The summed E-state index contributed by atoms with van der Waals surface area (Å²) in [6.07, 6.45) is 1.54. The highest BCUT2D eigenvalue weighted by molar-refractivity contribution is 7.13. The van der Waals surface area contributed by atoms with Gasteiger partial charge in [-0.05, 0) is 51.3 Å². The smallest absolute Gasteiger partial charge is 0.410 e. The number of amides is 1. The van der Waals surface area contributed by atoms with Crippen molar-refractivity contribution in [2.45, 2.75) is 57.8 Å². The van der Waals surface area contributed by atoms with Gasteiger partial charge in [-0.25, -0.2) is 9.59 Å². The van der Waals surface area contributed by atoms with E-state index in [4.69, 9.17) is 9.47 Å². The number of esters is 1. The molecule has 1 aliphatic heterocycles. The fourth-order valence-electron chi connectivity index (χ4n) is 3.82. The summed E-state index contributed by atoms with van der Waals surface area (Å²) in [5, 5.41) is 7.31. The lowest BCUT2D eigenvalue weighted by Gasteiger charge is -2.35. The topological polar surface area (TPSA) is 79.9 Å². The normalized spacial score (nSPS) is 15.8. The molecule has 2 N–H and O–H groups in total. The van der Waals surface area contributed by atoms with E-state index in [-0.39, 0.29) is 18.1 Å². The summed E-state index contributed by atoms with van der Waals surface area (Å²) in [7, 11) is 1.40. The molecular weight excluding hydrogens is 438 g/mol. The number of carbonyl (C=O) groups excluding carboxylic acids is 2. The highest BCUT2D eigenvalue weighted by atomic mass is 32.1. The first-order valence-electron chi connectivity index (χ1n) is 11.4. The second-order valence-corrected chi connectivity index (χ2v) is 10.4. The Morgan fingerprint density at radius 1 is 1.12 bits per heavy atom. The number of hydrogen-bond donors (Lipinski definition) is 2. The summed E-state index contributed by atoms with van der Waals surface area (Å²) in [6, 6.07) is 14.6. The van der Waals surface area contributed by atoms with Crippen LogP contribution in [0.3, 0.4) is 0 Å². The molecule has 2 heterocycles. The van der Waals surface area contributed by atoms with Crippen LogP contribution in [-0.2, 0) is 16.0 Å². The number of ether oxygens (including phenoxy) is 2. The standard InChI is InChI=1S/C25H35N3O4S/c1-25(2,3)32-24(30)28-14-12-19(13-15-28)27-21(18-8-6-5-7-9-18)17-26-16-20-10-11-22(33-20)23(29)31-4/h5-11,19,21,26-27H,12-17H2,1-4H3. The molecule has 1 aliphatic rings. The van der Waals surface area contributed by atoms with E-state index in [1.54, 1.807) is 11.0 Å². The molecule has 8 heteroatoms. The van der Waals surface area contributed by atoms with Gasteiger partial charge >= 0.3 is 12.1 Å². The van der Waals surface area contributed by atoms with E-state index in [9.17, 15) is 9.59 Å². The summed E-state index contributed by atoms with van der Waals surface area (Å²) in [6.45, 7) is 8.49. The monoisotopic (exact) mass is 473 g/mol. The lowest BCUT2D eigenvalue weighted by molar-refractivity contribution is 0.0195. The molecular formula is C25H35N3O4S. The number of methoxy groups -OCH3 is 1. The Balaban J connectivity index is 1.53. The maximum atomic E-state index is 12.3. The van der Waals surface area contributed by atoms with E-state index in [0.717, 1.165) is 24.3 Å². The minimum atomic E-state index is -0.476. The zero-order chi connectivity index (χ0) is 23.8. The van der Waals surface area contributed by atoms with Crippen molar-refractivity contribution in [3.05, 3.63) is 57.8 Å². The van der Waals surface area contributed by atoms with Gasteiger partial charge < -0.3 is 25.0 Å². The minimum absolute atomic E-state index is 0.143. The molecule has 3 rings (SSSR count). The molecule has 180 valence electrons. The maximum Gasteiger partial charge on any atom is 0.410 e. The summed E-state index contributed by atoms with van der Waals surface area (Å²) in [5.74, 6) is -0.298. The van der Waals surface area contributed by atoms with Crippen LogP contribution < -0.4 is 10.6 Å². The van der Waals surface area contributed by atoms with Crippen molar-refractivity contribution >= 4 is 23.4 Å². The molecule has 0 aliphatic carbocycles. The van der Waals surface area contributed by atoms with E-state index in [1.165, 1.54) is 24.0 Å². The van der Waals surface area contributed by atoms with Crippen molar-refractivity contribution in [3.63, 3.8) is 0 Å². The predicted molar refractivity (Wildman–Crippen MR) is 131 cm³/mol. The fourth-order valence-corrected chi connectivity index (χ4v) is 4.72. The number of piperidine rings is 1. The second-order valence-electron chi connectivity index (χ2n) is 9.26. The van der Waals surface area contributed by atoms with E-state index in [1.807, 2.05) is 32.9 Å². The zero-order valence-electron chi connectivity index (χ0n) is 19.9. The average Bonchev–Trinajstić information content (AvgIpc) is 3.27. The Morgan fingerprint density at radius 3 is 2.45 bits per heavy atom. The molecule has 7 nitrogen and oxygen atoms in total. The first-order valence-corrected chi connectivity index (χ1v) is 12.2. The van der Waals surface area contributed by atoms with Crippen molar-refractivity contribution in [2.24, 2.45) is 0 Å². The highest BCUT2D eigenvalue weighted by Crippen LogP contribution is 2.21. The largest absolute Gasteiger partial charge is 0.465 e. The quantitative estimate of drug-likeness (QED) is 0.555. The summed E-state index contributed by atoms with van der Waals surface area (Å²) in [4.78, 5) is 27.5. The Labute approximate surface area is 200 Å². The first-order chi connectivity index (χ1) is 15.7.